The molecule has 1 aromatic rings. The molecule has 0 spiro atoms. The van der Waals surface area contributed by atoms with Crippen LogP contribution < -0.4 is 21.9 Å². The molecule has 9 heteroatoms. The summed E-state index contributed by atoms with van der Waals surface area (Å²) >= 11 is 0. The minimum Gasteiger partial charge on any atom is -0.356 e. The number of benzene rings is 1. The van der Waals surface area contributed by atoms with Gasteiger partial charge in [-0.15, -0.1) is 0 Å². The lowest BCUT2D eigenvalue weighted by Crippen LogP contribution is -2.31. The van der Waals surface area contributed by atoms with Crippen molar-refractivity contribution >= 4 is 23.2 Å². The van der Waals surface area contributed by atoms with Gasteiger partial charge in [-0.05, 0) is 19.1 Å². The Bertz CT molecular complexity index is 546. The van der Waals surface area contributed by atoms with Crippen molar-refractivity contribution in [2.75, 3.05) is 18.5 Å². The Morgan fingerprint density at radius 2 is 2.05 bits per heavy atom. The zero-order valence-electron chi connectivity index (χ0n) is 11.5. The summed E-state index contributed by atoms with van der Waals surface area (Å²) in [5, 5.41) is 16.1. The van der Waals surface area contributed by atoms with Crippen molar-refractivity contribution in [2.45, 2.75) is 13.3 Å². The number of carbonyl (C=O) groups excluding carboxylic acids is 2. The average molecular weight is 295 g/mol. The molecule has 0 unspecified atom stereocenters. The van der Waals surface area contributed by atoms with Gasteiger partial charge < -0.3 is 16.1 Å². The molecule has 0 saturated heterocycles. The van der Waals surface area contributed by atoms with Gasteiger partial charge in [-0.1, -0.05) is 6.07 Å². The first-order valence-electron chi connectivity index (χ1n) is 6.30. The number of rotatable bonds is 7. The predicted octanol–water partition coefficient (Wildman–Crippen LogP) is 0.136. The zero-order valence-corrected chi connectivity index (χ0v) is 11.5. The average Bonchev–Trinajstić information content (AvgIpc) is 2.46. The quantitative estimate of drug-likeness (QED) is 0.320. The molecule has 5 N–H and O–H groups in total. The topological polar surface area (TPSA) is 139 Å². The van der Waals surface area contributed by atoms with Crippen molar-refractivity contribution in [1.82, 2.24) is 10.6 Å². The Kier molecular flexibility index (Phi) is 6.08. The van der Waals surface area contributed by atoms with Crippen LogP contribution in [0.5, 0.6) is 0 Å². The molecule has 2 amide bonds. The fraction of sp³-hybridized carbons (Fsp3) is 0.333. The summed E-state index contributed by atoms with van der Waals surface area (Å²) in [6.07, 6.45) is 0.0994. The molecular formula is C12H17N5O4. The minimum atomic E-state index is -0.687. The second-order valence-corrected chi connectivity index (χ2v) is 4.06. The van der Waals surface area contributed by atoms with Crippen molar-refractivity contribution < 1.29 is 14.5 Å². The number of hydrogen-bond acceptors (Lipinski definition) is 6. The van der Waals surface area contributed by atoms with Crippen LogP contribution in [0.15, 0.2) is 18.2 Å². The SMILES string of the molecule is CCNC(=O)CCNC(=O)c1cccc(NN)c1[N+](=O)[O-]. The van der Waals surface area contributed by atoms with Gasteiger partial charge in [0.05, 0.1) is 4.92 Å². The second kappa shape index (κ2) is 7.80. The maximum Gasteiger partial charge on any atom is 0.306 e. The van der Waals surface area contributed by atoms with Gasteiger partial charge in [-0.3, -0.25) is 25.5 Å². The highest BCUT2D eigenvalue weighted by molar-refractivity contribution is 6.00. The van der Waals surface area contributed by atoms with Gasteiger partial charge in [-0.25, -0.2) is 0 Å². The smallest absolute Gasteiger partial charge is 0.306 e. The molecule has 0 radical (unpaired) electrons. The number of anilines is 1. The van der Waals surface area contributed by atoms with E-state index >= 15 is 0 Å². The molecule has 1 rings (SSSR count). The lowest BCUT2D eigenvalue weighted by atomic mass is 10.1. The van der Waals surface area contributed by atoms with Crippen LogP contribution in [0.4, 0.5) is 11.4 Å². The van der Waals surface area contributed by atoms with E-state index in [1.165, 1.54) is 18.2 Å². The number of nitrogens with two attached hydrogens (primary N) is 1. The molecule has 0 saturated carbocycles. The first-order valence-corrected chi connectivity index (χ1v) is 6.30. The Morgan fingerprint density at radius 1 is 1.33 bits per heavy atom. The Morgan fingerprint density at radius 3 is 2.62 bits per heavy atom. The van der Waals surface area contributed by atoms with Crippen LogP contribution >= 0.6 is 0 Å². The lowest BCUT2D eigenvalue weighted by molar-refractivity contribution is -0.384. The standard InChI is InChI=1S/C12H17N5O4/c1-2-14-10(18)6-7-15-12(19)8-4-3-5-9(16-13)11(8)17(20)21/h3-5,16H,2,6-7,13H2,1H3,(H,14,18)(H,15,19). The van der Waals surface area contributed by atoms with E-state index in [0.29, 0.717) is 6.54 Å². The molecule has 0 aliphatic carbocycles. The van der Waals surface area contributed by atoms with E-state index < -0.39 is 16.5 Å². The van der Waals surface area contributed by atoms with E-state index in [0.717, 1.165) is 0 Å². The number of nitrogens with one attached hydrogen (secondary N) is 3. The van der Waals surface area contributed by atoms with Gasteiger partial charge in [0, 0.05) is 19.5 Å². The van der Waals surface area contributed by atoms with Gasteiger partial charge >= 0.3 is 5.69 Å². The molecule has 0 aromatic heterocycles. The van der Waals surface area contributed by atoms with Crippen molar-refractivity contribution in [3.05, 3.63) is 33.9 Å². The third kappa shape index (κ3) is 4.42. The first-order chi connectivity index (χ1) is 10.0. The molecule has 21 heavy (non-hydrogen) atoms. The summed E-state index contributed by atoms with van der Waals surface area (Å²) in [6.45, 7) is 2.37. The molecule has 0 aliphatic heterocycles. The number of carbonyl (C=O) groups is 2. The number of nitrogens with zero attached hydrogens (tertiary/aromatic N) is 1. The molecule has 0 heterocycles. The fourth-order valence-electron chi connectivity index (χ4n) is 1.71. The molecule has 0 atom stereocenters. The van der Waals surface area contributed by atoms with Crippen LogP contribution in [0.25, 0.3) is 0 Å². The maximum absolute atomic E-state index is 12.0. The summed E-state index contributed by atoms with van der Waals surface area (Å²) in [7, 11) is 0. The number of hydrogen-bond donors (Lipinski definition) is 4. The van der Waals surface area contributed by atoms with Gasteiger partial charge in [0.15, 0.2) is 0 Å². The molecule has 9 nitrogen and oxygen atoms in total. The van der Waals surface area contributed by atoms with E-state index in [4.69, 9.17) is 5.84 Å². The number of nitrogen functional groups attached to an aromatic ring is 1. The first kappa shape index (κ1) is 16.4. The van der Waals surface area contributed by atoms with Crippen LogP contribution in [-0.2, 0) is 4.79 Å². The number of nitro groups is 1. The van der Waals surface area contributed by atoms with Crippen molar-refractivity contribution in [3.8, 4) is 0 Å². The van der Waals surface area contributed by atoms with E-state index in [1.54, 1.807) is 6.92 Å². The van der Waals surface area contributed by atoms with Crippen LogP contribution in [0, 0.1) is 10.1 Å². The van der Waals surface area contributed by atoms with Crippen LogP contribution in [-0.4, -0.2) is 29.8 Å². The van der Waals surface area contributed by atoms with Crippen LogP contribution in [0.1, 0.15) is 23.7 Å². The lowest BCUT2D eigenvalue weighted by Gasteiger charge is -2.08. The largest absolute Gasteiger partial charge is 0.356 e. The fourth-order valence-corrected chi connectivity index (χ4v) is 1.71. The number of hydrazine groups is 1. The van der Waals surface area contributed by atoms with E-state index in [1.807, 2.05) is 0 Å². The Labute approximate surface area is 121 Å². The number of para-hydroxylation sites is 1. The van der Waals surface area contributed by atoms with Gasteiger partial charge in [0.2, 0.25) is 5.91 Å². The highest BCUT2D eigenvalue weighted by atomic mass is 16.6. The number of amides is 2. The molecule has 1 aromatic carbocycles. The van der Waals surface area contributed by atoms with E-state index in [9.17, 15) is 19.7 Å². The third-order valence-corrected chi connectivity index (χ3v) is 2.63. The summed E-state index contributed by atoms with van der Waals surface area (Å²) < 4.78 is 0. The van der Waals surface area contributed by atoms with Crippen molar-refractivity contribution in [2.24, 2.45) is 5.84 Å². The highest BCUT2D eigenvalue weighted by Gasteiger charge is 2.23. The molecule has 114 valence electrons. The molecule has 0 bridgehead atoms. The Hall–Kier alpha value is -2.68. The second-order valence-electron chi connectivity index (χ2n) is 4.06. The van der Waals surface area contributed by atoms with Gasteiger partial charge in [0.25, 0.3) is 5.91 Å². The summed E-state index contributed by atoms with van der Waals surface area (Å²) in [5.41, 5.74) is 1.69. The summed E-state index contributed by atoms with van der Waals surface area (Å²) in [5.74, 6) is 4.35. The zero-order chi connectivity index (χ0) is 15.8. The predicted molar refractivity (Wildman–Crippen MR) is 76.5 cm³/mol. The normalized spacial score (nSPS) is 9.81. The molecule has 0 aliphatic rings. The summed E-state index contributed by atoms with van der Waals surface area (Å²) in [4.78, 5) is 33.6. The monoisotopic (exact) mass is 295 g/mol. The van der Waals surface area contributed by atoms with Crippen LogP contribution in [0.3, 0.4) is 0 Å². The van der Waals surface area contributed by atoms with Crippen LogP contribution in [0.2, 0.25) is 0 Å². The third-order valence-electron chi connectivity index (χ3n) is 2.63. The highest BCUT2D eigenvalue weighted by Crippen LogP contribution is 2.27. The van der Waals surface area contributed by atoms with Gasteiger partial charge in [-0.2, -0.15) is 0 Å². The van der Waals surface area contributed by atoms with Crippen molar-refractivity contribution in [3.63, 3.8) is 0 Å². The van der Waals surface area contributed by atoms with E-state index in [-0.39, 0.29) is 30.1 Å². The summed E-state index contributed by atoms with van der Waals surface area (Å²) in [6, 6.07) is 4.19. The molecular weight excluding hydrogens is 278 g/mol. The Balaban J connectivity index is 2.79. The molecule has 0 fully saturated rings. The van der Waals surface area contributed by atoms with Crippen molar-refractivity contribution in [1.29, 1.82) is 0 Å². The van der Waals surface area contributed by atoms with E-state index in [2.05, 4.69) is 16.1 Å². The van der Waals surface area contributed by atoms with Gasteiger partial charge in [0.1, 0.15) is 11.3 Å². The maximum atomic E-state index is 12.0. The minimum absolute atomic E-state index is 0.0383. The number of nitro benzene ring substituents is 1.